The zero-order valence-electron chi connectivity index (χ0n) is 10.6. The fourth-order valence-electron chi connectivity index (χ4n) is 2.11. The quantitative estimate of drug-likeness (QED) is 0.504. The summed E-state index contributed by atoms with van der Waals surface area (Å²) in [7, 11) is 1.77. The molecule has 0 aliphatic carbocycles. The van der Waals surface area contributed by atoms with Gasteiger partial charge in [0.2, 0.25) is 11.0 Å². The van der Waals surface area contributed by atoms with Crippen molar-refractivity contribution in [2.45, 2.75) is 22.1 Å². The van der Waals surface area contributed by atoms with Crippen molar-refractivity contribution < 1.29 is 9.59 Å². The van der Waals surface area contributed by atoms with Gasteiger partial charge in [0.15, 0.2) is 0 Å². The molecule has 1 amide bonds. The van der Waals surface area contributed by atoms with E-state index >= 15 is 0 Å². The molecule has 9 heteroatoms. The molecule has 1 aromatic rings. The van der Waals surface area contributed by atoms with Gasteiger partial charge >= 0.3 is 0 Å². The van der Waals surface area contributed by atoms with E-state index in [1.165, 1.54) is 4.80 Å². The number of rotatable bonds is 4. The molecule has 3 rings (SSSR count). The molecular formula is C11H12N4O2S3. The number of amides is 1. The summed E-state index contributed by atoms with van der Waals surface area (Å²) in [5, 5.41) is 8.97. The highest BCUT2D eigenvalue weighted by Crippen LogP contribution is 2.42. The van der Waals surface area contributed by atoms with Crippen LogP contribution in [0.25, 0.3) is 0 Å². The second kappa shape index (κ2) is 5.45. The highest BCUT2D eigenvalue weighted by Gasteiger charge is 2.44. The van der Waals surface area contributed by atoms with Crippen molar-refractivity contribution in [2.75, 3.05) is 5.75 Å². The van der Waals surface area contributed by atoms with Crippen LogP contribution in [-0.2, 0) is 16.6 Å². The first-order valence-corrected chi connectivity index (χ1v) is 8.34. The molecule has 0 N–H and O–H groups in total. The lowest BCUT2D eigenvalue weighted by Crippen LogP contribution is -2.53. The van der Waals surface area contributed by atoms with Crippen LogP contribution in [0.3, 0.4) is 0 Å². The lowest BCUT2D eigenvalue weighted by molar-refractivity contribution is -0.140. The predicted molar refractivity (Wildman–Crippen MR) is 80.4 cm³/mol. The van der Waals surface area contributed by atoms with Crippen molar-refractivity contribution in [3.05, 3.63) is 18.0 Å². The minimum Gasteiger partial charge on any atom is -0.295 e. The zero-order chi connectivity index (χ0) is 14.3. The third-order valence-electron chi connectivity index (χ3n) is 3.03. The van der Waals surface area contributed by atoms with E-state index in [1.54, 1.807) is 41.7 Å². The van der Waals surface area contributed by atoms with Gasteiger partial charge in [-0.2, -0.15) is 9.90 Å². The number of fused-ring (bicyclic) bond motifs is 1. The molecule has 0 saturated carbocycles. The topological polar surface area (TPSA) is 68.1 Å². The van der Waals surface area contributed by atoms with Gasteiger partial charge in [0.05, 0.1) is 23.7 Å². The van der Waals surface area contributed by atoms with Crippen LogP contribution >= 0.6 is 36.2 Å². The highest BCUT2D eigenvalue weighted by atomic mass is 32.2. The van der Waals surface area contributed by atoms with Gasteiger partial charge < -0.3 is 0 Å². The van der Waals surface area contributed by atoms with Crippen LogP contribution in [0.15, 0.2) is 23.0 Å². The monoisotopic (exact) mass is 328 g/mol. The van der Waals surface area contributed by atoms with Crippen LogP contribution in [-0.4, -0.2) is 47.3 Å². The summed E-state index contributed by atoms with van der Waals surface area (Å²) in [6.07, 6.45) is 4.04. The lowest BCUT2D eigenvalue weighted by atomic mass is 10.1. The smallest absolute Gasteiger partial charge is 0.232 e. The Labute approximate surface area is 129 Å². The Bertz CT molecular complexity index is 600. The molecule has 1 aromatic heterocycles. The predicted octanol–water partition coefficient (Wildman–Crippen LogP) is 0.921. The third-order valence-corrected chi connectivity index (χ3v) is 5.83. The first kappa shape index (κ1) is 14.0. The molecule has 0 aromatic carbocycles. The van der Waals surface area contributed by atoms with E-state index in [2.05, 4.69) is 22.8 Å². The number of thioether (sulfide) groups is 2. The van der Waals surface area contributed by atoms with Crippen LogP contribution in [0.1, 0.15) is 6.42 Å². The van der Waals surface area contributed by atoms with E-state index in [1.807, 2.05) is 6.08 Å². The molecule has 0 bridgehead atoms. The Balaban J connectivity index is 1.69. The van der Waals surface area contributed by atoms with Crippen molar-refractivity contribution in [3.63, 3.8) is 0 Å². The second-order valence-corrected chi connectivity index (χ2v) is 7.31. The molecule has 6 nitrogen and oxygen atoms in total. The standard InChI is InChI=1S/C11H12N4O2S3/c1-14-12-4-8(13-14)19-5-6-2-7(11(17)18)15-9(16)3-10(15)20-6/h2,4,6,10H,3,5H2,1H3,(H,17,18)/t6?,10-/m1/s1. The maximum atomic E-state index is 11.5. The first-order chi connectivity index (χ1) is 9.54. The molecule has 0 radical (unpaired) electrons. The molecule has 3 heterocycles. The molecule has 2 atom stereocenters. The van der Waals surface area contributed by atoms with Gasteiger partial charge in [-0.25, -0.2) is 0 Å². The Morgan fingerprint density at radius 1 is 1.65 bits per heavy atom. The zero-order valence-corrected chi connectivity index (χ0v) is 13.1. The number of β-lactam (4-membered cyclic amide) rings is 1. The van der Waals surface area contributed by atoms with Crippen molar-refractivity contribution in [1.29, 1.82) is 0 Å². The molecule has 0 spiro atoms. The van der Waals surface area contributed by atoms with Crippen molar-refractivity contribution >= 4 is 47.2 Å². The van der Waals surface area contributed by atoms with Gasteiger partial charge in [-0.15, -0.1) is 28.6 Å². The highest BCUT2D eigenvalue weighted by molar-refractivity contribution is 8.04. The van der Waals surface area contributed by atoms with Crippen molar-refractivity contribution in [1.82, 2.24) is 19.9 Å². The van der Waals surface area contributed by atoms with Gasteiger partial charge in [-0.3, -0.25) is 14.5 Å². The average molecular weight is 328 g/mol. The number of carbonyl (C=O) groups is 2. The normalized spacial score (nSPS) is 25.0. The fourth-order valence-corrected chi connectivity index (χ4v) is 4.74. The van der Waals surface area contributed by atoms with E-state index in [-0.39, 0.29) is 21.6 Å². The second-order valence-electron chi connectivity index (χ2n) is 4.44. The minimum atomic E-state index is -0.349. The first-order valence-electron chi connectivity index (χ1n) is 5.96. The average Bonchev–Trinajstić information content (AvgIpc) is 2.80. The van der Waals surface area contributed by atoms with E-state index in [0.29, 0.717) is 12.1 Å². The van der Waals surface area contributed by atoms with Crippen LogP contribution in [0, 0.1) is 0 Å². The fraction of sp³-hybridized carbons (Fsp3) is 0.455. The van der Waals surface area contributed by atoms with E-state index in [0.717, 1.165) is 10.8 Å². The van der Waals surface area contributed by atoms with Gasteiger partial charge in [0, 0.05) is 18.1 Å². The van der Waals surface area contributed by atoms with E-state index < -0.39 is 0 Å². The molecule has 1 fully saturated rings. The van der Waals surface area contributed by atoms with E-state index in [4.69, 9.17) is 0 Å². The number of hydrogen-bond donors (Lipinski definition) is 1. The summed E-state index contributed by atoms with van der Waals surface area (Å²) in [6, 6.07) is 0. The molecule has 1 saturated heterocycles. The maximum absolute atomic E-state index is 11.5. The number of carbonyl (C=O) groups excluding carboxylic acids is 2. The Morgan fingerprint density at radius 2 is 2.45 bits per heavy atom. The molecule has 20 heavy (non-hydrogen) atoms. The van der Waals surface area contributed by atoms with Crippen LogP contribution in [0.5, 0.6) is 0 Å². The lowest BCUT2D eigenvalue weighted by Gasteiger charge is -2.44. The SMILES string of the molecule is Cn1ncc(SCC2C=C(C(=O)S)N3C(=O)C[C@H]3S2)n1. The van der Waals surface area contributed by atoms with E-state index in [9.17, 15) is 9.59 Å². The Kier molecular flexibility index (Phi) is 3.83. The van der Waals surface area contributed by atoms with Crippen LogP contribution < -0.4 is 0 Å². The summed E-state index contributed by atoms with van der Waals surface area (Å²) >= 11 is 7.14. The third kappa shape index (κ3) is 2.61. The van der Waals surface area contributed by atoms with Gasteiger partial charge in [-0.1, -0.05) is 12.6 Å². The van der Waals surface area contributed by atoms with Gasteiger partial charge in [0.25, 0.3) is 0 Å². The number of hydrogen-bond acceptors (Lipinski definition) is 6. The number of aromatic nitrogens is 3. The Morgan fingerprint density at radius 3 is 3.05 bits per heavy atom. The van der Waals surface area contributed by atoms with Crippen LogP contribution in [0.2, 0.25) is 0 Å². The number of nitrogens with zero attached hydrogens (tertiary/aromatic N) is 4. The molecule has 1 unspecified atom stereocenters. The summed E-state index contributed by atoms with van der Waals surface area (Å²) < 4.78 is 0. The summed E-state index contributed by atoms with van der Waals surface area (Å²) in [5.41, 5.74) is 0.415. The maximum Gasteiger partial charge on any atom is 0.232 e. The minimum absolute atomic E-state index is 0.00354. The summed E-state index contributed by atoms with van der Waals surface area (Å²) in [5.74, 6) is 0.781. The van der Waals surface area contributed by atoms with Gasteiger partial charge in [-0.05, 0) is 6.08 Å². The number of aryl methyl sites for hydroxylation is 1. The van der Waals surface area contributed by atoms with Crippen molar-refractivity contribution in [3.8, 4) is 0 Å². The van der Waals surface area contributed by atoms with Gasteiger partial charge in [0.1, 0.15) is 5.03 Å². The molecule has 2 aliphatic rings. The number of thiol groups is 1. The largest absolute Gasteiger partial charge is 0.295 e. The molecule has 2 aliphatic heterocycles. The Hall–Kier alpha value is -0.930. The van der Waals surface area contributed by atoms with Crippen LogP contribution in [0.4, 0.5) is 0 Å². The summed E-state index contributed by atoms with van der Waals surface area (Å²) in [4.78, 5) is 26.1. The molecule has 106 valence electrons. The molecular weight excluding hydrogens is 316 g/mol. The van der Waals surface area contributed by atoms with Crippen molar-refractivity contribution in [2.24, 2.45) is 7.05 Å². The summed E-state index contributed by atoms with van der Waals surface area (Å²) in [6.45, 7) is 0.